The Bertz CT molecular complexity index is 238. The van der Waals surface area contributed by atoms with E-state index >= 15 is 0 Å². The van der Waals surface area contributed by atoms with Crippen molar-refractivity contribution in [3.8, 4) is 0 Å². The first-order valence-electron chi connectivity index (χ1n) is 4.90. The van der Waals surface area contributed by atoms with Crippen LogP contribution in [0.2, 0.25) is 0 Å². The maximum Gasteiger partial charge on any atom is 0.0656 e. The van der Waals surface area contributed by atoms with E-state index in [9.17, 15) is 0 Å². The molecule has 0 saturated heterocycles. The molecule has 0 aromatic carbocycles. The topological polar surface area (TPSA) is 28.7 Å². The summed E-state index contributed by atoms with van der Waals surface area (Å²) in [6.07, 6.45) is 5.07. The minimum atomic E-state index is 1.18. The Morgan fingerprint density at radius 3 is 2.50 bits per heavy atom. The summed E-state index contributed by atoms with van der Waals surface area (Å²) in [5.74, 6) is 0. The number of rotatable bonds is 0. The molecule has 12 heavy (non-hydrogen) atoms. The third-order valence-electron chi connectivity index (χ3n) is 2.25. The molecule has 0 aliphatic heterocycles. The van der Waals surface area contributed by atoms with Crippen LogP contribution in [0.4, 0.5) is 0 Å². The zero-order valence-corrected chi connectivity index (χ0v) is 8.28. The Morgan fingerprint density at radius 2 is 1.83 bits per heavy atom. The Morgan fingerprint density at radius 1 is 1.17 bits per heavy atom. The molecular formula is C10H18N2. The lowest BCUT2D eigenvalue weighted by Crippen LogP contribution is -2.00. The summed E-state index contributed by atoms with van der Waals surface area (Å²) in [7, 11) is 0. The van der Waals surface area contributed by atoms with E-state index in [0.29, 0.717) is 0 Å². The number of nitrogens with one attached hydrogen (secondary N) is 1. The first-order chi connectivity index (χ1) is 5.88. The van der Waals surface area contributed by atoms with Crippen molar-refractivity contribution in [3.05, 3.63) is 17.0 Å². The molecule has 1 aromatic heterocycles. The van der Waals surface area contributed by atoms with Gasteiger partial charge in [-0.25, -0.2) is 0 Å². The number of fused-ring (bicyclic) bond motifs is 1. The zero-order chi connectivity index (χ0) is 8.97. The van der Waals surface area contributed by atoms with Gasteiger partial charge in [0.2, 0.25) is 0 Å². The van der Waals surface area contributed by atoms with Gasteiger partial charge in [-0.1, -0.05) is 13.8 Å². The lowest BCUT2D eigenvalue weighted by Gasteiger charge is -2.08. The minimum absolute atomic E-state index is 1.18. The van der Waals surface area contributed by atoms with Gasteiger partial charge in [-0.05, 0) is 38.2 Å². The molecule has 0 fully saturated rings. The molecule has 0 unspecified atom stereocenters. The predicted molar refractivity (Wildman–Crippen MR) is 51.3 cm³/mol. The van der Waals surface area contributed by atoms with Gasteiger partial charge in [0.1, 0.15) is 0 Å². The van der Waals surface area contributed by atoms with E-state index in [1.54, 1.807) is 0 Å². The Kier molecular flexibility index (Phi) is 3.32. The fourth-order valence-electron chi connectivity index (χ4n) is 1.64. The van der Waals surface area contributed by atoms with E-state index in [1.807, 2.05) is 13.8 Å². The van der Waals surface area contributed by atoms with Gasteiger partial charge in [-0.2, -0.15) is 5.10 Å². The molecule has 0 spiro atoms. The van der Waals surface area contributed by atoms with Gasteiger partial charge in [-0.15, -0.1) is 0 Å². The largest absolute Gasteiger partial charge is 0.282 e. The zero-order valence-electron chi connectivity index (χ0n) is 8.28. The lowest BCUT2D eigenvalue weighted by molar-refractivity contribution is 0.673. The number of hydrogen-bond donors (Lipinski definition) is 1. The maximum atomic E-state index is 4.23. The third-order valence-corrected chi connectivity index (χ3v) is 2.25. The summed E-state index contributed by atoms with van der Waals surface area (Å²) < 4.78 is 0. The number of aromatic nitrogens is 2. The van der Waals surface area contributed by atoms with Crippen molar-refractivity contribution >= 4 is 0 Å². The van der Waals surface area contributed by atoms with E-state index in [4.69, 9.17) is 0 Å². The molecule has 2 rings (SSSR count). The van der Waals surface area contributed by atoms with Gasteiger partial charge >= 0.3 is 0 Å². The second-order valence-corrected chi connectivity index (χ2v) is 2.98. The molecule has 0 bridgehead atoms. The molecule has 1 aliphatic carbocycles. The highest BCUT2D eigenvalue weighted by Crippen LogP contribution is 2.20. The Hall–Kier alpha value is -0.790. The van der Waals surface area contributed by atoms with E-state index in [2.05, 4.69) is 17.1 Å². The first-order valence-corrected chi connectivity index (χ1v) is 4.90. The fraction of sp³-hybridized carbons (Fsp3) is 0.700. The second-order valence-electron chi connectivity index (χ2n) is 2.98. The quantitative estimate of drug-likeness (QED) is 0.630. The fourth-order valence-corrected chi connectivity index (χ4v) is 1.64. The summed E-state index contributed by atoms with van der Waals surface area (Å²) >= 11 is 0. The molecular weight excluding hydrogens is 148 g/mol. The van der Waals surface area contributed by atoms with Crippen molar-refractivity contribution in [3.63, 3.8) is 0 Å². The van der Waals surface area contributed by atoms with Crippen molar-refractivity contribution in [2.24, 2.45) is 0 Å². The van der Waals surface area contributed by atoms with Crippen LogP contribution in [0.25, 0.3) is 0 Å². The first kappa shape index (κ1) is 9.30. The molecule has 2 nitrogen and oxygen atoms in total. The van der Waals surface area contributed by atoms with Crippen LogP contribution < -0.4 is 0 Å². The summed E-state index contributed by atoms with van der Waals surface area (Å²) in [5, 5.41) is 7.26. The van der Waals surface area contributed by atoms with Crippen LogP contribution in [0.3, 0.4) is 0 Å². The SMILES string of the molecule is CC.Cc1[nH]nc2c1CCCC2. The van der Waals surface area contributed by atoms with Crippen molar-refractivity contribution in [2.45, 2.75) is 46.5 Å². The standard InChI is InChI=1S/C8H12N2.C2H6/c1-6-7-4-2-3-5-8(7)10-9-6;1-2/h2-5H2,1H3,(H,9,10);1-2H3. The highest BCUT2D eigenvalue weighted by molar-refractivity contribution is 5.26. The molecule has 0 radical (unpaired) electrons. The molecule has 1 heterocycles. The van der Waals surface area contributed by atoms with Gasteiger partial charge in [0.25, 0.3) is 0 Å². The summed E-state index contributed by atoms with van der Waals surface area (Å²) in [6, 6.07) is 0. The van der Waals surface area contributed by atoms with Crippen molar-refractivity contribution in [2.75, 3.05) is 0 Å². The third kappa shape index (κ3) is 1.68. The molecule has 1 aromatic rings. The number of H-pyrrole nitrogens is 1. The molecule has 68 valence electrons. The van der Waals surface area contributed by atoms with Gasteiger partial charge < -0.3 is 0 Å². The van der Waals surface area contributed by atoms with E-state index in [0.717, 1.165) is 0 Å². The van der Waals surface area contributed by atoms with Crippen LogP contribution >= 0.6 is 0 Å². The number of hydrogen-bond acceptors (Lipinski definition) is 1. The van der Waals surface area contributed by atoms with Crippen molar-refractivity contribution in [1.82, 2.24) is 10.2 Å². The van der Waals surface area contributed by atoms with Crippen LogP contribution in [-0.2, 0) is 12.8 Å². The van der Waals surface area contributed by atoms with Gasteiger partial charge in [-0.3, -0.25) is 5.10 Å². The molecule has 1 aliphatic rings. The molecule has 0 amide bonds. The number of aromatic amines is 1. The molecule has 0 saturated carbocycles. The molecule has 0 atom stereocenters. The molecule has 1 N–H and O–H groups in total. The van der Waals surface area contributed by atoms with Crippen LogP contribution in [0.15, 0.2) is 0 Å². The average molecular weight is 166 g/mol. The number of nitrogens with zero attached hydrogens (tertiary/aromatic N) is 1. The van der Waals surface area contributed by atoms with Crippen LogP contribution in [0.5, 0.6) is 0 Å². The van der Waals surface area contributed by atoms with Crippen LogP contribution in [0.1, 0.15) is 43.6 Å². The maximum absolute atomic E-state index is 4.23. The molecule has 2 heteroatoms. The van der Waals surface area contributed by atoms with Crippen molar-refractivity contribution in [1.29, 1.82) is 0 Å². The van der Waals surface area contributed by atoms with Gasteiger partial charge in [0.05, 0.1) is 5.69 Å². The highest BCUT2D eigenvalue weighted by Gasteiger charge is 2.13. The monoisotopic (exact) mass is 166 g/mol. The summed E-state index contributed by atoms with van der Waals surface area (Å²) in [4.78, 5) is 0. The van der Waals surface area contributed by atoms with Crippen LogP contribution in [0, 0.1) is 6.92 Å². The normalized spacial score (nSPS) is 14.6. The van der Waals surface area contributed by atoms with Gasteiger partial charge in [0.15, 0.2) is 0 Å². The van der Waals surface area contributed by atoms with E-state index < -0.39 is 0 Å². The second kappa shape index (κ2) is 4.29. The average Bonchev–Trinajstić information content (AvgIpc) is 2.53. The summed E-state index contributed by atoms with van der Waals surface area (Å²) in [5.41, 5.74) is 4.06. The minimum Gasteiger partial charge on any atom is -0.282 e. The van der Waals surface area contributed by atoms with Gasteiger partial charge in [0, 0.05) is 5.69 Å². The Balaban J connectivity index is 0.000000336. The lowest BCUT2D eigenvalue weighted by atomic mass is 9.96. The number of aryl methyl sites for hydroxylation is 2. The summed E-state index contributed by atoms with van der Waals surface area (Å²) in [6.45, 7) is 6.11. The van der Waals surface area contributed by atoms with E-state index in [-0.39, 0.29) is 0 Å². The predicted octanol–water partition coefficient (Wildman–Crippen LogP) is 2.62. The highest BCUT2D eigenvalue weighted by atomic mass is 15.1. The smallest absolute Gasteiger partial charge is 0.0656 e. The van der Waals surface area contributed by atoms with Crippen LogP contribution in [-0.4, -0.2) is 10.2 Å². The van der Waals surface area contributed by atoms with E-state index in [1.165, 1.54) is 42.6 Å². The van der Waals surface area contributed by atoms with Crippen molar-refractivity contribution < 1.29 is 0 Å². The Labute approximate surface area is 74.4 Å².